The number of carbonyl (C=O) groups is 1. The van der Waals surface area contributed by atoms with E-state index in [0.29, 0.717) is 12.5 Å². The maximum absolute atomic E-state index is 12.2. The summed E-state index contributed by atoms with van der Waals surface area (Å²) >= 11 is 0. The Labute approximate surface area is 116 Å². The first-order chi connectivity index (χ1) is 9.18. The average Bonchev–Trinajstić information content (AvgIpc) is 2.45. The van der Waals surface area contributed by atoms with Crippen LogP contribution < -0.4 is 5.73 Å². The quantitative estimate of drug-likeness (QED) is 0.849. The number of nitrogens with zero attached hydrogens (tertiary/aromatic N) is 1. The smallest absolute Gasteiger partial charge is 0.222 e. The molecule has 1 saturated carbocycles. The first-order valence-corrected chi connectivity index (χ1v) is 7.81. The Hall–Kier alpha value is -0.610. The molecule has 1 aliphatic heterocycles. The molecule has 4 heteroatoms. The van der Waals surface area contributed by atoms with Gasteiger partial charge in [0.25, 0.3) is 0 Å². The Morgan fingerprint density at radius 1 is 1.21 bits per heavy atom. The molecule has 2 N–H and O–H groups in total. The zero-order valence-corrected chi connectivity index (χ0v) is 12.1. The normalized spacial score (nSPS) is 32.0. The molecule has 3 atom stereocenters. The molecule has 2 aliphatic rings. The predicted molar refractivity (Wildman–Crippen MR) is 75.8 cm³/mol. The maximum Gasteiger partial charge on any atom is 0.222 e. The fraction of sp³-hybridized carbons (Fsp3) is 0.933. The molecule has 0 aromatic rings. The largest absolute Gasteiger partial charge is 0.378 e. The summed E-state index contributed by atoms with van der Waals surface area (Å²) in [6.45, 7) is 0.863. The molecular weight excluding hydrogens is 240 g/mol. The molecule has 0 bridgehead atoms. The van der Waals surface area contributed by atoms with Gasteiger partial charge >= 0.3 is 0 Å². The van der Waals surface area contributed by atoms with E-state index in [1.54, 1.807) is 0 Å². The highest BCUT2D eigenvalue weighted by atomic mass is 16.5. The summed E-state index contributed by atoms with van der Waals surface area (Å²) in [5.74, 6) is 0.233. The molecule has 110 valence electrons. The van der Waals surface area contributed by atoms with Gasteiger partial charge in [-0.25, -0.2) is 0 Å². The van der Waals surface area contributed by atoms with E-state index in [1.807, 2.05) is 11.9 Å². The van der Waals surface area contributed by atoms with Crippen LogP contribution in [0.2, 0.25) is 0 Å². The van der Waals surface area contributed by atoms with Crippen molar-refractivity contribution < 1.29 is 9.53 Å². The van der Waals surface area contributed by atoms with E-state index in [-0.39, 0.29) is 18.0 Å². The number of carbonyl (C=O) groups excluding carboxylic acids is 1. The van der Waals surface area contributed by atoms with Crippen LogP contribution in [0.1, 0.15) is 57.8 Å². The van der Waals surface area contributed by atoms with Gasteiger partial charge in [-0.1, -0.05) is 12.8 Å². The number of ether oxygens (including phenoxy) is 1. The van der Waals surface area contributed by atoms with Crippen LogP contribution in [0, 0.1) is 0 Å². The van der Waals surface area contributed by atoms with Crippen molar-refractivity contribution in [1.29, 1.82) is 0 Å². The van der Waals surface area contributed by atoms with Crippen molar-refractivity contribution in [2.75, 3.05) is 13.7 Å². The van der Waals surface area contributed by atoms with Crippen molar-refractivity contribution >= 4 is 5.91 Å². The first-order valence-electron chi connectivity index (χ1n) is 7.81. The molecule has 4 nitrogen and oxygen atoms in total. The minimum absolute atomic E-state index is 0.161. The van der Waals surface area contributed by atoms with Crippen LogP contribution in [-0.2, 0) is 9.53 Å². The number of hydrogen-bond acceptors (Lipinski definition) is 3. The monoisotopic (exact) mass is 268 g/mol. The second kappa shape index (κ2) is 7.25. The third-order valence-corrected chi connectivity index (χ3v) is 4.63. The second-order valence-electron chi connectivity index (χ2n) is 6.05. The Kier molecular flexibility index (Phi) is 5.64. The van der Waals surface area contributed by atoms with Crippen LogP contribution in [0.4, 0.5) is 0 Å². The van der Waals surface area contributed by atoms with Crippen molar-refractivity contribution in [1.82, 2.24) is 4.90 Å². The molecule has 1 aliphatic carbocycles. The lowest BCUT2D eigenvalue weighted by Crippen LogP contribution is -2.50. The van der Waals surface area contributed by atoms with Crippen molar-refractivity contribution in [2.45, 2.75) is 76.0 Å². The van der Waals surface area contributed by atoms with Gasteiger partial charge in [-0.2, -0.15) is 0 Å². The summed E-state index contributed by atoms with van der Waals surface area (Å²) in [4.78, 5) is 14.1. The predicted octanol–water partition coefficient (Wildman–Crippen LogP) is 2.06. The van der Waals surface area contributed by atoms with E-state index in [4.69, 9.17) is 10.5 Å². The number of nitrogens with two attached hydrogens (primary N) is 1. The Morgan fingerprint density at radius 3 is 2.63 bits per heavy atom. The van der Waals surface area contributed by atoms with Crippen molar-refractivity contribution in [2.24, 2.45) is 5.73 Å². The second-order valence-corrected chi connectivity index (χ2v) is 6.05. The summed E-state index contributed by atoms with van der Waals surface area (Å²) in [6, 6.07) is 0.405. The Balaban J connectivity index is 1.74. The van der Waals surface area contributed by atoms with Gasteiger partial charge in [0.05, 0.1) is 6.10 Å². The fourth-order valence-corrected chi connectivity index (χ4v) is 3.30. The lowest BCUT2D eigenvalue weighted by atomic mass is 9.90. The van der Waals surface area contributed by atoms with E-state index >= 15 is 0 Å². The van der Waals surface area contributed by atoms with Gasteiger partial charge in [0.15, 0.2) is 0 Å². The molecule has 0 radical (unpaired) electrons. The number of likely N-dealkylation sites (N-methyl/N-ethyl adjacent to an activating group) is 1. The van der Waals surface area contributed by atoms with Gasteiger partial charge in [0.2, 0.25) is 5.91 Å². The lowest BCUT2D eigenvalue weighted by molar-refractivity contribution is -0.134. The zero-order valence-electron chi connectivity index (χ0n) is 12.1. The van der Waals surface area contributed by atoms with Crippen LogP contribution in [0.15, 0.2) is 0 Å². The molecule has 1 saturated heterocycles. The molecule has 0 aromatic carbocycles. The van der Waals surface area contributed by atoms with Crippen LogP contribution in [-0.4, -0.2) is 42.6 Å². The van der Waals surface area contributed by atoms with Crippen LogP contribution in [0.3, 0.4) is 0 Å². The molecule has 0 spiro atoms. The molecular formula is C15H28N2O2. The Bertz CT molecular complexity index is 290. The van der Waals surface area contributed by atoms with Gasteiger partial charge in [0.1, 0.15) is 0 Å². The summed E-state index contributed by atoms with van der Waals surface area (Å²) in [5, 5.41) is 0. The van der Waals surface area contributed by atoms with Gasteiger partial charge < -0.3 is 15.4 Å². The summed E-state index contributed by atoms with van der Waals surface area (Å²) < 4.78 is 5.68. The Morgan fingerprint density at radius 2 is 1.95 bits per heavy atom. The third-order valence-electron chi connectivity index (χ3n) is 4.63. The number of amides is 1. The standard InChI is InChI=1S/C15H28N2O2/c1-17(14-8-3-2-7-13(14)16)15(18)10-9-12-6-4-5-11-19-12/h12-14H,2-11,16H2,1H3. The minimum Gasteiger partial charge on any atom is -0.378 e. The maximum atomic E-state index is 12.2. The molecule has 2 fully saturated rings. The summed E-state index contributed by atoms with van der Waals surface area (Å²) in [6.07, 6.45) is 9.79. The first kappa shape index (κ1) is 14.8. The van der Waals surface area contributed by atoms with Gasteiger partial charge in [-0.3, -0.25) is 4.79 Å². The SMILES string of the molecule is CN(C(=O)CCC1CCCCO1)C1CCCCC1N. The highest BCUT2D eigenvalue weighted by Gasteiger charge is 2.28. The number of rotatable bonds is 4. The van der Waals surface area contributed by atoms with Gasteiger partial charge in [-0.15, -0.1) is 0 Å². The van der Waals surface area contributed by atoms with E-state index in [2.05, 4.69) is 0 Å². The molecule has 19 heavy (non-hydrogen) atoms. The zero-order chi connectivity index (χ0) is 13.7. The van der Waals surface area contributed by atoms with Crippen molar-refractivity contribution in [3.05, 3.63) is 0 Å². The summed E-state index contributed by atoms with van der Waals surface area (Å²) in [5.41, 5.74) is 6.14. The molecule has 1 amide bonds. The van der Waals surface area contributed by atoms with E-state index in [0.717, 1.165) is 32.3 Å². The topological polar surface area (TPSA) is 55.6 Å². The molecule has 2 rings (SSSR count). The average molecular weight is 268 g/mol. The van der Waals surface area contributed by atoms with Crippen LogP contribution >= 0.6 is 0 Å². The highest BCUT2D eigenvalue weighted by Crippen LogP contribution is 2.23. The van der Waals surface area contributed by atoms with E-state index in [1.165, 1.54) is 25.7 Å². The van der Waals surface area contributed by atoms with Gasteiger partial charge in [-0.05, 0) is 38.5 Å². The number of hydrogen-bond donors (Lipinski definition) is 1. The molecule has 3 unspecified atom stereocenters. The molecule has 0 aromatic heterocycles. The molecule has 1 heterocycles. The minimum atomic E-state index is 0.161. The van der Waals surface area contributed by atoms with Crippen molar-refractivity contribution in [3.8, 4) is 0 Å². The van der Waals surface area contributed by atoms with Gasteiger partial charge in [0, 0.05) is 32.2 Å². The fourth-order valence-electron chi connectivity index (χ4n) is 3.30. The highest BCUT2D eigenvalue weighted by molar-refractivity contribution is 5.76. The van der Waals surface area contributed by atoms with E-state index < -0.39 is 0 Å². The third kappa shape index (κ3) is 4.18. The summed E-state index contributed by atoms with van der Waals surface area (Å²) in [7, 11) is 1.92. The van der Waals surface area contributed by atoms with Crippen LogP contribution in [0.5, 0.6) is 0 Å². The van der Waals surface area contributed by atoms with Crippen LogP contribution in [0.25, 0.3) is 0 Å². The van der Waals surface area contributed by atoms with E-state index in [9.17, 15) is 4.79 Å². The lowest BCUT2D eigenvalue weighted by Gasteiger charge is -2.36. The van der Waals surface area contributed by atoms with Crippen molar-refractivity contribution in [3.63, 3.8) is 0 Å².